The summed E-state index contributed by atoms with van der Waals surface area (Å²) in [6.45, 7) is 3.84. The quantitative estimate of drug-likeness (QED) is 0.870. The van der Waals surface area contributed by atoms with Crippen LogP contribution in [0.25, 0.3) is 0 Å². The fourth-order valence-corrected chi connectivity index (χ4v) is 2.57. The van der Waals surface area contributed by atoms with E-state index in [4.69, 9.17) is 9.47 Å². The number of hydrogen-bond donors (Lipinski definition) is 1. The Kier molecular flexibility index (Phi) is 4.88. The summed E-state index contributed by atoms with van der Waals surface area (Å²) in [7, 11) is 1.73. The van der Waals surface area contributed by atoms with Gasteiger partial charge in [0.2, 0.25) is 0 Å². The van der Waals surface area contributed by atoms with Crippen LogP contribution in [0.15, 0.2) is 18.2 Å². The molecule has 0 aromatic heterocycles. The number of piperidine rings is 1. The van der Waals surface area contributed by atoms with Crippen molar-refractivity contribution < 1.29 is 9.47 Å². The standard InChI is InChI=1S/C15H23NO2/c1-3-18-15-9-6-8-14(17-2)13(15)11-12-7-4-5-10-16-12/h6,8-9,12,16H,3-5,7,10-11H2,1-2H3. The molecule has 1 fully saturated rings. The molecule has 1 heterocycles. The van der Waals surface area contributed by atoms with Crippen molar-refractivity contribution in [2.45, 2.75) is 38.6 Å². The van der Waals surface area contributed by atoms with E-state index >= 15 is 0 Å². The van der Waals surface area contributed by atoms with Crippen LogP contribution in [-0.2, 0) is 6.42 Å². The van der Waals surface area contributed by atoms with Gasteiger partial charge < -0.3 is 14.8 Å². The Morgan fingerprint density at radius 1 is 1.28 bits per heavy atom. The summed E-state index contributed by atoms with van der Waals surface area (Å²) < 4.78 is 11.2. The van der Waals surface area contributed by atoms with E-state index in [2.05, 4.69) is 5.32 Å². The van der Waals surface area contributed by atoms with E-state index < -0.39 is 0 Å². The third-order valence-corrected chi connectivity index (χ3v) is 3.47. The Morgan fingerprint density at radius 2 is 2.11 bits per heavy atom. The number of methoxy groups -OCH3 is 1. The average molecular weight is 249 g/mol. The molecule has 1 aliphatic rings. The van der Waals surface area contributed by atoms with Crippen LogP contribution in [-0.4, -0.2) is 26.3 Å². The van der Waals surface area contributed by atoms with Crippen LogP contribution in [0, 0.1) is 0 Å². The first kappa shape index (κ1) is 13.2. The van der Waals surface area contributed by atoms with Crippen LogP contribution < -0.4 is 14.8 Å². The maximum Gasteiger partial charge on any atom is 0.126 e. The van der Waals surface area contributed by atoms with E-state index in [1.807, 2.05) is 25.1 Å². The number of ether oxygens (including phenoxy) is 2. The van der Waals surface area contributed by atoms with Crippen LogP contribution in [0.4, 0.5) is 0 Å². The highest BCUT2D eigenvalue weighted by Crippen LogP contribution is 2.30. The molecule has 1 N–H and O–H groups in total. The van der Waals surface area contributed by atoms with Crippen molar-refractivity contribution in [2.75, 3.05) is 20.3 Å². The van der Waals surface area contributed by atoms with Gasteiger partial charge in [-0.3, -0.25) is 0 Å². The summed E-state index contributed by atoms with van der Waals surface area (Å²) >= 11 is 0. The Hall–Kier alpha value is -1.22. The summed E-state index contributed by atoms with van der Waals surface area (Å²) in [4.78, 5) is 0. The molecular weight excluding hydrogens is 226 g/mol. The lowest BCUT2D eigenvalue weighted by Crippen LogP contribution is -2.35. The SMILES string of the molecule is CCOc1cccc(OC)c1CC1CCCCN1. The minimum absolute atomic E-state index is 0.550. The molecule has 1 aliphatic heterocycles. The van der Waals surface area contributed by atoms with Gasteiger partial charge in [-0.2, -0.15) is 0 Å². The highest BCUT2D eigenvalue weighted by molar-refractivity contribution is 5.45. The molecule has 0 spiro atoms. The highest BCUT2D eigenvalue weighted by atomic mass is 16.5. The minimum Gasteiger partial charge on any atom is -0.496 e. The summed E-state index contributed by atoms with van der Waals surface area (Å²) in [5, 5.41) is 3.58. The van der Waals surface area contributed by atoms with Crippen LogP contribution in [0.1, 0.15) is 31.7 Å². The molecule has 0 saturated carbocycles. The van der Waals surface area contributed by atoms with Crippen molar-refractivity contribution in [1.29, 1.82) is 0 Å². The Bertz CT molecular complexity index is 373. The summed E-state index contributed by atoms with van der Waals surface area (Å²) in [5.74, 6) is 1.90. The first-order valence-electron chi connectivity index (χ1n) is 6.87. The predicted molar refractivity (Wildman–Crippen MR) is 73.5 cm³/mol. The lowest BCUT2D eigenvalue weighted by Gasteiger charge is -2.25. The van der Waals surface area contributed by atoms with E-state index in [0.29, 0.717) is 12.6 Å². The molecule has 0 bridgehead atoms. The van der Waals surface area contributed by atoms with E-state index in [0.717, 1.165) is 24.5 Å². The molecule has 1 atom stereocenters. The monoisotopic (exact) mass is 249 g/mol. The van der Waals surface area contributed by atoms with Gasteiger partial charge in [0.15, 0.2) is 0 Å². The topological polar surface area (TPSA) is 30.5 Å². The third kappa shape index (κ3) is 3.16. The van der Waals surface area contributed by atoms with E-state index in [1.165, 1.54) is 24.8 Å². The molecule has 1 saturated heterocycles. The minimum atomic E-state index is 0.550. The third-order valence-electron chi connectivity index (χ3n) is 3.47. The lowest BCUT2D eigenvalue weighted by atomic mass is 9.96. The summed E-state index contributed by atoms with van der Waals surface area (Å²) in [6.07, 6.45) is 4.83. The van der Waals surface area contributed by atoms with Gasteiger partial charge in [0, 0.05) is 11.6 Å². The lowest BCUT2D eigenvalue weighted by molar-refractivity contribution is 0.324. The van der Waals surface area contributed by atoms with Crippen LogP contribution in [0.3, 0.4) is 0 Å². The first-order chi connectivity index (χ1) is 8.85. The van der Waals surface area contributed by atoms with Gasteiger partial charge in [-0.05, 0) is 44.9 Å². The molecule has 2 rings (SSSR count). The van der Waals surface area contributed by atoms with Crippen molar-refractivity contribution in [3.05, 3.63) is 23.8 Å². The zero-order valence-corrected chi connectivity index (χ0v) is 11.4. The van der Waals surface area contributed by atoms with Gasteiger partial charge in [-0.15, -0.1) is 0 Å². The highest BCUT2D eigenvalue weighted by Gasteiger charge is 2.18. The fraction of sp³-hybridized carbons (Fsp3) is 0.600. The van der Waals surface area contributed by atoms with Gasteiger partial charge in [0.05, 0.1) is 13.7 Å². The van der Waals surface area contributed by atoms with Crippen LogP contribution >= 0.6 is 0 Å². The summed E-state index contributed by atoms with van der Waals surface area (Å²) in [6, 6.07) is 6.58. The van der Waals surface area contributed by atoms with Gasteiger partial charge in [0.25, 0.3) is 0 Å². The molecule has 1 aromatic carbocycles. The van der Waals surface area contributed by atoms with Crippen molar-refractivity contribution in [2.24, 2.45) is 0 Å². The largest absolute Gasteiger partial charge is 0.496 e. The van der Waals surface area contributed by atoms with Gasteiger partial charge >= 0.3 is 0 Å². The van der Waals surface area contributed by atoms with E-state index in [9.17, 15) is 0 Å². The van der Waals surface area contributed by atoms with Crippen molar-refractivity contribution in [3.63, 3.8) is 0 Å². The van der Waals surface area contributed by atoms with E-state index in [-0.39, 0.29) is 0 Å². The predicted octanol–water partition coefficient (Wildman–Crippen LogP) is 2.78. The number of hydrogen-bond acceptors (Lipinski definition) is 3. The molecule has 3 heteroatoms. The zero-order valence-electron chi connectivity index (χ0n) is 11.4. The van der Waals surface area contributed by atoms with Gasteiger partial charge in [-0.1, -0.05) is 12.5 Å². The maximum absolute atomic E-state index is 5.71. The molecule has 0 amide bonds. The molecule has 18 heavy (non-hydrogen) atoms. The number of benzene rings is 1. The van der Waals surface area contributed by atoms with Gasteiger partial charge in [0.1, 0.15) is 11.5 Å². The van der Waals surface area contributed by atoms with Gasteiger partial charge in [-0.25, -0.2) is 0 Å². The normalized spacial score (nSPS) is 19.6. The molecule has 0 radical (unpaired) electrons. The number of rotatable bonds is 5. The van der Waals surface area contributed by atoms with Crippen LogP contribution in [0.5, 0.6) is 11.5 Å². The molecule has 3 nitrogen and oxygen atoms in total. The molecule has 100 valence electrons. The maximum atomic E-state index is 5.71. The van der Waals surface area contributed by atoms with Crippen molar-refractivity contribution in [1.82, 2.24) is 5.32 Å². The molecule has 1 unspecified atom stereocenters. The average Bonchev–Trinajstić information content (AvgIpc) is 2.42. The molecule has 0 aliphatic carbocycles. The van der Waals surface area contributed by atoms with E-state index in [1.54, 1.807) is 7.11 Å². The Labute approximate surface area is 109 Å². The molecular formula is C15H23NO2. The Balaban J connectivity index is 2.16. The first-order valence-corrected chi connectivity index (χ1v) is 6.87. The fourth-order valence-electron chi connectivity index (χ4n) is 2.57. The Morgan fingerprint density at radius 3 is 2.78 bits per heavy atom. The number of nitrogens with one attached hydrogen (secondary N) is 1. The van der Waals surface area contributed by atoms with Crippen LogP contribution in [0.2, 0.25) is 0 Å². The van der Waals surface area contributed by atoms with Crippen molar-refractivity contribution in [3.8, 4) is 11.5 Å². The smallest absolute Gasteiger partial charge is 0.126 e. The second-order valence-electron chi connectivity index (χ2n) is 4.72. The zero-order chi connectivity index (χ0) is 12.8. The second kappa shape index (κ2) is 6.64. The summed E-state index contributed by atoms with van der Waals surface area (Å²) in [5.41, 5.74) is 1.20. The molecule has 1 aromatic rings. The van der Waals surface area contributed by atoms with Crippen molar-refractivity contribution >= 4 is 0 Å². The second-order valence-corrected chi connectivity index (χ2v) is 4.72.